The summed E-state index contributed by atoms with van der Waals surface area (Å²) in [7, 11) is 12.1. The van der Waals surface area contributed by atoms with E-state index in [0.29, 0.717) is 41.8 Å². The van der Waals surface area contributed by atoms with Crippen molar-refractivity contribution in [3.8, 4) is 11.1 Å². The Morgan fingerprint density at radius 2 is 1.73 bits per heavy atom. The van der Waals surface area contributed by atoms with Gasteiger partial charge in [0.1, 0.15) is 6.04 Å². The number of aliphatic hydroxyl groups is 1. The maximum absolute atomic E-state index is 14.5. The summed E-state index contributed by atoms with van der Waals surface area (Å²) < 4.78 is 0. The van der Waals surface area contributed by atoms with Gasteiger partial charge in [0, 0.05) is 56.4 Å². The fourth-order valence-electron chi connectivity index (χ4n) is 9.95. The molecular formula is C45H72N6O4. The van der Waals surface area contributed by atoms with Gasteiger partial charge in [0.15, 0.2) is 0 Å². The molecule has 0 unspecified atom stereocenters. The Labute approximate surface area is 332 Å². The maximum Gasteiger partial charge on any atom is 0.251 e. The van der Waals surface area contributed by atoms with Gasteiger partial charge in [-0.05, 0) is 130 Å². The number of fused-ring (bicyclic) bond motifs is 2. The summed E-state index contributed by atoms with van der Waals surface area (Å²) >= 11 is 0. The van der Waals surface area contributed by atoms with Crippen LogP contribution in [0.5, 0.6) is 0 Å². The molecule has 306 valence electrons. The van der Waals surface area contributed by atoms with E-state index in [1.807, 2.05) is 70.4 Å². The molecule has 55 heavy (non-hydrogen) atoms. The minimum absolute atomic E-state index is 0.00489. The van der Waals surface area contributed by atoms with Crippen LogP contribution < -0.4 is 15.5 Å². The number of nitrogens with one attached hydrogen (secondary N) is 2. The van der Waals surface area contributed by atoms with Crippen LogP contribution in [0.25, 0.3) is 11.1 Å². The van der Waals surface area contributed by atoms with E-state index in [0.717, 1.165) is 47.3 Å². The van der Waals surface area contributed by atoms with Crippen LogP contribution in [0.1, 0.15) is 89.2 Å². The number of hydrogen-bond acceptors (Lipinski definition) is 8. The molecule has 1 aliphatic heterocycles. The first-order chi connectivity index (χ1) is 25.6. The average Bonchev–Trinajstić information content (AvgIpc) is 3.42. The lowest BCUT2D eigenvalue weighted by atomic mass is 9.45. The van der Waals surface area contributed by atoms with Gasteiger partial charge in [-0.2, -0.15) is 5.06 Å². The molecule has 2 aromatic rings. The lowest BCUT2D eigenvalue weighted by molar-refractivity contribution is -0.179. The summed E-state index contributed by atoms with van der Waals surface area (Å²) in [5, 5.41) is 19.9. The molecule has 0 radical (unpaired) electrons. The van der Waals surface area contributed by atoms with Gasteiger partial charge in [-0.3, -0.25) is 14.4 Å². The van der Waals surface area contributed by atoms with Crippen LogP contribution in [0.2, 0.25) is 0 Å². The molecule has 2 bridgehead atoms. The number of hydroxylamine groups is 2. The zero-order valence-electron chi connectivity index (χ0n) is 36.4. The zero-order valence-corrected chi connectivity index (χ0v) is 36.4. The van der Waals surface area contributed by atoms with E-state index in [4.69, 9.17) is 4.84 Å². The number of benzene rings is 2. The molecule has 3 aliphatic carbocycles. The quantitative estimate of drug-likeness (QED) is 0.214. The van der Waals surface area contributed by atoms with E-state index >= 15 is 0 Å². The van der Waals surface area contributed by atoms with Crippen molar-refractivity contribution in [2.24, 2.45) is 34.5 Å². The number of carbonyl (C=O) groups is 2. The van der Waals surface area contributed by atoms with Crippen LogP contribution in [0.15, 0.2) is 36.4 Å². The van der Waals surface area contributed by atoms with Gasteiger partial charge >= 0.3 is 0 Å². The van der Waals surface area contributed by atoms with Gasteiger partial charge in [0.05, 0.1) is 18.8 Å². The van der Waals surface area contributed by atoms with Crippen LogP contribution in [0.3, 0.4) is 0 Å². The normalized spacial score (nSPS) is 27.5. The van der Waals surface area contributed by atoms with Gasteiger partial charge in [-0.15, -0.1) is 0 Å². The van der Waals surface area contributed by atoms with Crippen molar-refractivity contribution in [2.75, 3.05) is 60.3 Å². The average molecular weight is 761 g/mol. The molecule has 2 aromatic carbocycles. The third kappa shape index (κ3) is 9.75. The minimum atomic E-state index is -0.742. The van der Waals surface area contributed by atoms with Gasteiger partial charge in [0.2, 0.25) is 5.91 Å². The van der Waals surface area contributed by atoms with Crippen LogP contribution in [0, 0.1) is 41.4 Å². The summed E-state index contributed by atoms with van der Waals surface area (Å²) in [5.74, 6) is 1.07. The molecule has 1 heterocycles. The number of rotatable bonds is 14. The van der Waals surface area contributed by atoms with Gasteiger partial charge < -0.3 is 30.4 Å². The van der Waals surface area contributed by atoms with Crippen molar-refractivity contribution in [1.29, 1.82) is 0 Å². The number of amides is 2. The Morgan fingerprint density at radius 3 is 2.29 bits per heavy atom. The van der Waals surface area contributed by atoms with Crippen LogP contribution in [-0.2, 0) is 16.2 Å². The standard InChI is InChI=1S/C45H72N6O4/c1-27-30(16-15-17-36(27)31-18-32(20-35(19-31)50(13)14)42(53)46-34(25-48(9)10)23-44(4,5)6)24-51-41(40(29(3)52)39(55-51)26-49(11)12)43(54)47-38-22-33-21-37(28(38)2)45(33,7)8/h15-20,28-29,33-34,37-41,52H,21-26H2,1-14H3,(H,46,53)(H,47,54)/t28-,29-,33+,34-,37-,38-,39-,40+,41-/m0/s1. The van der Waals surface area contributed by atoms with E-state index in [1.165, 1.54) is 6.42 Å². The molecule has 10 heteroatoms. The summed E-state index contributed by atoms with van der Waals surface area (Å²) in [5.41, 5.74) is 5.99. The largest absolute Gasteiger partial charge is 0.393 e. The smallest absolute Gasteiger partial charge is 0.251 e. The van der Waals surface area contributed by atoms with Crippen molar-refractivity contribution in [3.63, 3.8) is 0 Å². The van der Waals surface area contributed by atoms with Crippen LogP contribution >= 0.6 is 0 Å². The van der Waals surface area contributed by atoms with Crippen molar-refractivity contribution in [2.45, 2.75) is 112 Å². The molecule has 3 N–H and O–H groups in total. The van der Waals surface area contributed by atoms with E-state index in [9.17, 15) is 14.7 Å². The number of anilines is 1. The fraction of sp³-hybridized carbons (Fsp3) is 0.689. The summed E-state index contributed by atoms with van der Waals surface area (Å²) in [4.78, 5) is 41.3. The first-order valence-corrected chi connectivity index (χ1v) is 20.5. The van der Waals surface area contributed by atoms with Gasteiger partial charge in [-0.1, -0.05) is 59.7 Å². The lowest BCUT2D eigenvalue weighted by Crippen LogP contribution is -2.62. The predicted molar refractivity (Wildman–Crippen MR) is 224 cm³/mol. The van der Waals surface area contributed by atoms with Crippen molar-refractivity contribution >= 4 is 17.5 Å². The van der Waals surface area contributed by atoms with Crippen molar-refractivity contribution in [3.05, 3.63) is 53.1 Å². The Morgan fingerprint density at radius 1 is 1.04 bits per heavy atom. The fourth-order valence-corrected chi connectivity index (χ4v) is 9.95. The first-order valence-electron chi connectivity index (χ1n) is 20.5. The molecule has 9 atom stereocenters. The highest BCUT2D eigenvalue weighted by Gasteiger charge is 2.57. The molecule has 0 spiro atoms. The third-order valence-corrected chi connectivity index (χ3v) is 13.0. The second-order valence-electron chi connectivity index (χ2n) is 19.8. The minimum Gasteiger partial charge on any atom is -0.393 e. The second kappa shape index (κ2) is 16.8. The Hall–Kier alpha value is -3.02. The molecule has 3 saturated carbocycles. The van der Waals surface area contributed by atoms with E-state index in [-0.39, 0.29) is 35.4 Å². The van der Waals surface area contributed by atoms with Crippen molar-refractivity contribution in [1.82, 2.24) is 25.5 Å². The Kier molecular flexibility index (Phi) is 13.2. The second-order valence-corrected chi connectivity index (χ2v) is 19.8. The topological polar surface area (TPSA) is 101 Å². The van der Waals surface area contributed by atoms with Crippen LogP contribution in [-0.4, -0.2) is 117 Å². The molecular weight excluding hydrogens is 689 g/mol. The zero-order chi connectivity index (χ0) is 40.7. The van der Waals surface area contributed by atoms with E-state index in [2.05, 4.69) is 87.1 Å². The van der Waals surface area contributed by atoms with E-state index < -0.39 is 18.1 Å². The SMILES string of the molecule is Cc1c(CN2O[C@@H](CN(C)C)[C@@H]([C@H](C)O)[C@H]2C(=O)N[C@H]2C[C@H]3C[C@@H]([C@@H]2C)C3(C)C)cccc1-c1cc(C(=O)N[C@H](CN(C)C)CC(C)(C)C)cc(N(C)C)c1. The predicted octanol–water partition coefficient (Wildman–Crippen LogP) is 6.05. The number of likely N-dealkylation sites (N-methyl/N-ethyl adjacent to an activating group) is 2. The molecule has 6 rings (SSSR count). The third-order valence-electron chi connectivity index (χ3n) is 13.0. The number of aliphatic hydroxyl groups excluding tert-OH is 1. The Balaban J connectivity index is 1.45. The van der Waals surface area contributed by atoms with Crippen molar-refractivity contribution < 1.29 is 19.5 Å². The molecule has 1 saturated heterocycles. The maximum atomic E-state index is 14.5. The highest BCUT2D eigenvalue weighted by Crippen LogP contribution is 2.61. The lowest BCUT2D eigenvalue weighted by Gasteiger charge is -2.62. The number of hydrogen-bond donors (Lipinski definition) is 3. The number of nitrogens with zero attached hydrogens (tertiary/aromatic N) is 4. The first kappa shape index (κ1) is 43.1. The number of carbonyl (C=O) groups excluding carboxylic acids is 2. The highest BCUT2D eigenvalue weighted by atomic mass is 16.7. The van der Waals surface area contributed by atoms with Gasteiger partial charge in [-0.25, -0.2) is 0 Å². The molecule has 10 nitrogen and oxygen atoms in total. The van der Waals surface area contributed by atoms with E-state index in [1.54, 1.807) is 6.92 Å². The molecule has 4 aliphatic rings. The van der Waals surface area contributed by atoms with Crippen LogP contribution in [0.4, 0.5) is 5.69 Å². The summed E-state index contributed by atoms with van der Waals surface area (Å²) in [6.07, 6.45) is 2.00. The van der Waals surface area contributed by atoms with Gasteiger partial charge in [0.25, 0.3) is 5.91 Å². The monoisotopic (exact) mass is 761 g/mol. The molecule has 0 aromatic heterocycles. The Bertz CT molecular complexity index is 1660. The molecule has 4 fully saturated rings. The molecule has 2 amide bonds. The highest BCUT2D eigenvalue weighted by molar-refractivity contribution is 5.97. The summed E-state index contributed by atoms with van der Waals surface area (Å²) in [6, 6.07) is 11.8. The summed E-state index contributed by atoms with van der Waals surface area (Å²) in [6.45, 7) is 19.3.